The van der Waals surface area contributed by atoms with Crippen LogP contribution in [-0.4, -0.2) is 16.1 Å². The van der Waals surface area contributed by atoms with E-state index in [4.69, 9.17) is 9.52 Å². The Morgan fingerprint density at radius 3 is 2.80 bits per heavy atom. The average Bonchev–Trinajstić information content (AvgIpc) is 2.81. The van der Waals surface area contributed by atoms with E-state index in [2.05, 4.69) is 4.98 Å². The van der Waals surface area contributed by atoms with E-state index < -0.39 is 5.97 Å². The van der Waals surface area contributed by atoms with Crippen molar-refractivity contribution in [2.45, 2.75) is 6.92 Å². The van der Waals surface area contributed by atoms with E-state index in [1.807, 2.05) is 0 Å². The number of fused-ring (bicyclic) bond motifs is 1. The van der Waals surface area contributed by atoms with E-state index in [1.165, 1.54) is 18.2 Å². The number of aryl methyl sites for hydroxylation is 1. The summed E-state index contributed by atoms with van der Waals surface area (Å²) >= 11 is 0. The van der Waals surface area contributed by atoms with Crippen molar-refractivity contribution in [1.82, 2.24) is 4.98 Å². The highest BCUT2D eigenvalue weighted by molar-refractivity contribution is 6.00. The first kappa shape index (κ1) is 12.3. The molecule has 0 aliphatic rings. The van der Waals surface area contributed by atoms with Crippen molar-refractivity contribution >= 4 is 17.1 Å². The van der Waals surface area contributed by atoms with Gasteiger partial charge in [-0.3, -0.25) is 0 Å². The summed E-state index contributed by atoms with van der Waals surface area (Å²) in [5.74, 6) is -1.12. The molecular weight excluding hydrogens is 261 g/mol. The summed E-state index contributed by atoms with van der Waals surface area (Å²) in [4.78, 5) is 15.4. The second-order valence-corrected chi connectivity index (χ2v) is 4.44. The standard InChI is InChI=1S/C15H10FNO3/c1-8-7-9(16)5-6-10(8)14-17-13-11(15(18)19)3-2-4-12(13)20-14/h2-7H,1H3,(H,18,19). The third-order valence-electron chi connectivity index (χ3n) is 3.07. The Morgan fingerprint density at radius 2 is 2.10 bits per heavy atom. The van der Waals surface area contributed by atoms with E-state index in [1.54, 1.807) is 25.1 Å². The van der Waals surface area contributed by atoms with E-state index in [0.29, 0.717) is 22.2 Å². The topological polar surface area (TPSA) is 63.3 Å². The molecule has 0 bridgehead atoms. The van der Waals surface area contributed by atoms with Crippen LogP contribution in [0.1, 0.15) is 15.9 Å². The molecule has 4 nitrogen and oxygen atoms in total. The van der Waals surface area contributed by atoms with Crippen molar-refractivity contribution in [1.29, 1.82) is 0 Å². The first-order chi connectivity index (χ1) is 9.56. The molecule has 3 aromatic rings. The summed E-state index contributed by atoms with van der Waals surface area (Å²) in [6.07, 6.45) is 0. The lowest BCUT2D eigenvalue weighted by Crippen LogP contribution is -1.96. The molecule has 1 aromatic heterocycles. The first-order valence-electron chi connectivity index (χ1n) is 5.95. The molecular formula is C15H10FNO3. The van der Waals surface area contributed by atoms with Crippen molar-refractivity contribution in [3.05, 3.63) is 53.3 Å². The number of nitrogens with zero attached hydrogens (tertiary/aromatic N) is 1. The fourth-order valence-electron chi connectivity index (χ4n) is 2.10. The summed E-state index contributed by atoms with van der Waals surface area (Å²) in [6, 6.07) is 8.97. The third-order valence-corrected chi connectivity index (χ3v) is 3.07. The molecule has 0 fully saturated rings. The minimum absolute atomic E-state index is 0.0808. The van der Waals surface area contributed by atoms with Crippen molar-refractivity contribution in [3.8, 4) is 11.5 Å². The molecule has 100 valence electrons. The molecule has 0 aliphatic heterocycles. The van der Waals surface area contributed by atoms with Crippen LogP contribution < -0.4 is 0 Å². The summed E-state index contributed by atoms with van der Waals surface area (Å²) < 4.78 is 18.7. The number of rotatable bonds is 2. The fraction of sp³-hybridized carbons (Fsp3) is 0.0667. The van der Waals surface area contributed by atoms with Crippen molar-refractivity contribution in [3.63, 3.8) is 0 Å². The third kappa shape index (κ3) is 1.93. The largest absolute Gasteiger partial charge is 0.478 e. The van der Waals surface area contributed by atoms with Crippen molar-refractivity contribution in [2.24, 2.45) is 0 Å². The van der Waals surface area contributed by atoms with Gasteiger partial charge in [-0.25, -0.2) is 14.2 Å². The highest BCUT2D eigenvalue weighted by Gasteiger charge is 2.16. The molecule has 0 spiro atoms. The molecule has 3 rings (SSSR count). The second kappa shape index (κ2) is 4.45. The Kier molecular flexibility index (Phi) is 2.75. The van der Waals surface area contributed by atoms with Crippen LogP contribution in [0.2, 0.25) is 0 Å². The maximum absolute atomic E-state index is 13.1. The first-order valence-corrected chi connectivity index (χ1v) is 5.95. The number of benzene rings is 2. The van der Waals surface area contributed by atoms with Crippen LogP contribution in [0, 0.1) is 12.7 Å². The minimum atomic E-state index is -1.06. The van der Waals surface area contributed by atoms with Crippen LogP contribution in [0.4, 0.5) is 4.39 Å². The fourth-order valence-corrected chi connectivity index (χ4v) is 2.10. The van der Waals surface area contributed by atoms with Crippen molar-refractivity contribution < 1.29 is 18.7 Å². The van der Waals surface area contributed by atoms with Crippen molar-refractivity contribution in [2.75, 3.05) is 0 Å². The number of carbonyl (C=O) groups is 1. The zero-order chi connectivity index (χ0) is 14.3. The molecule has 0 atom stereocenters. The Bertz CT molecular complexity index is 823. The van der Waals surface area contributed by atoms with Gasteiger partial charge in [-0.2, -0.15) is 0 Å². The van der Waals surface area contributed by atoms with Gasteiger partial charge in [-0.05, 0) is 42.8 Å². The van der Waals surface area contributed by atoms with Crippen LogP contribution in [-0.2, 0) is 0 Å². The molecule has 20 heavy (non-hydrogen) atoms. The molecule has 1 N–H and O–H groups in total. The van der Waals surface area contributed by atoms with E-state index in [-0.39, 0.29) is 17.3 Å². The molecule has 5 heteroatoms. The van der Waals surface area contributed by atoms with Gasteiger partial charge in [0.15, 0.2) is 5.58 Å². The molecule has 0 aliphatic carbocycles. The monoisotopic (exact) mass is 271 g/mol. The number of hydrogen-bond donors (Lipinski definition) is 1. The van der Waals surface area contributed by atoms with Gasteiger partial charge in [0.05, 0.1) is 5.56 Å². The minimum Gasteiger partial charge on any atom is -0.478 e. The molecule has 0 radical (unpaired) electrons. The Labute approximate surface area is 113 Å². The molecule has 1 heterocycles. The predicted molar refractivity (Wildman–Crippen MR) is 71.1 cm³/mol. The van der Waals surface area contributed by atoms with Gasteiger partial charge in [0.25, 0.3) is 0 Å². The number of hydrogen-bond acceptors (Lipinski definition) is 3. The zero-order valence-electron chi connectivity index (χ0n) is 10.6. The highest BCUT2D eigenvalue weighted by Crippen LogP contribution is 2.28. The van der Waals surface area contributed by atoms with Crippen LogP contribution in [0.3, 0.4) is 0 Å². The Morgan fingerprint density at radius 1 is 1.30 bits per heavy atom. The van der Waals surface area contributed by atoms with Crippen LogP contribution >= 0.6 is 0 Å². The number of oxazole rings is 1. The molecule has 0 amide bonds. The average molecular weight is 271 g/mol. The van der Waals surface area contributed by atoms with Gasteiger partial charge < -0.3 is 9.52 Å². The van der Waals surface area contributed by atoms with Gasteiger partial charge in [0.2, 0.25) is 5.89 Å². The maximum Gasteiger partial charge on any atom is 0.338 e. The molecule has 2 aromatic carbocycles. The van der Waals surface area contributed by atoms with Gasteiger partial charge in [-0.1, -0.05) is 6.07 Å². The molecule has 0 saturated heterocycles. The summed E-state index contributed by atoms with van der Waals surface area (Å²) in [5.41, 5.74) is 2.08. The lowest BCUT2D eigenvalue weighted by molar-refractivity contribution is 0.0699. The van der Waals surface area contributed by atoms with E-state index >= 15 is 0 Å². The number of carboxylic acid groups (broad SMARTS) is 1. The summed E-state index contributed by atoms with van der Waals surface area (Å²) in [5, 5.41) is 9.12. The predicted octanol–water partition coefficient (Wildman–Crippen LogP) is 3.64. The van der Waals surface area contributed by atoms with Crippen LogP contribution in [0.25, 0.3) is 22.6 Å². The number of para-hydroxylation sites is 1. The SMILES string of the molecule is Cc1cc(F)ccc1-c1nc2c(C(=O)O)cccc2o1. The van der Waals surface area contributed by atoms with Gasteiger partial charge in [0.1, 0.15) is 11.3 Å². The normalized spacial score (nSPS) is 10.9. The molecule has 0 unspecified atom stereocenters. The maximum atomic E-state index is 13.1. The second-order valence-electron chi connectivity index (χ2n) is 4.44. The van der Waals surface area contributed by atoms with E-state index in [9.17, 15) is 9.18 Å². The quantitative estimate of drug-likeness (QED) is 0.772. The number of aromatic carboxylic acids is 1. The number of carboxylic acids is 1. The summed E-state index contributed by atoms with van der Waals surface area (Å²) in [7, 11) is 0. The number of halogens is 1. The molecule has 0 saturated carbocycles. The Hall–Kier alpha value is -2.69. The summed E-state index contributed by atoms with van der Waals surface area (Å²) in [6.45, 7) is 1.74. The highest BCUT2D eigenvalue weighted by atomic mass is 19.1. The zero-order valence-corrected chi connectivity index (χ0v) is 10.6. The Balaban J connectivity index is 2.23. The van der Waals surface area contributed by atoms with Gasteiger partial charge in [-0.15, -0.1) is 0 Å². The van der Waals surface area contributed by atoms with Gasteiger partial charge >= 0.3 is 5.97 Å². The van der Waals surface area contributed by atoms with Gasteiger partial charge in [0, 0.05) is 5.56 Å². The van der Waals surface area contributed by atoms with Crippen LogP contribution in [0.15, 0.2) is 40.8 Å². The van der Waals surface area contributed by atoms with E-state index in [0.717, 1.165) is 0 Å². The lowest BCUT2D eigenvalue weighted by atomic mass is 10.1. The smallest absolute Gasteiger partial charge is 0.338 e. The lowest BCUT2D eigenvalue weighted by Gasteiger charge is -2.00. The number of aromatic nitrogens is 1. The van der Waals surface area contributed by atoms with Crippen LogP contribution in [0.5, 0.6) is 0 Å².